The van der Waals surface area contributed by atoms with Crippen LogP contribution in [0.3, 0.4) is 0 Å². The van der Waals surface area contributed by atoms with Crippen LogP contribution in [-0.4, -0.2) is 10.2 Å². The molecule has 2 rings (SSSR count). The van der Waals surface area contributed by atoms with Gasteiger partial charge >= 0.3 is 0 Å². The first-order valence-electron chi connectivity index (χ1n) is 6.22. The summed E-state index contributed by atoms with van der Waals surface area (Å²) < 4.78 is 1.86. The summed E-state index contributed by atoms with van der Waals surface area (Å²) in [5.41, 5.74) is -1.48. The molecule has 0 aliphatic heterocycles. The second kappa shape index (κ2) is 5.60. The maximum atomic E-state index is 10.9. The van der Waals surface area contributed by atoms with Gasteiger partial charge in [0.15, 0.2) is 0 Å². The highest BCUT2D eigenvalue weighted by Gasteiger charge is 2.44. The van der Waals surface area contributed by atoms with Gasteiger partial charge in [0.2, 0.25) is 0 Å². The Labute approximate surface area is 135 Å². The predicted octanol–water partition coefficient (Wildman–Crippen LogP) is 4.33. The maximum absolute atomic E-state index is 10.9. The molecular formula is C16H16Br2O2. The molecule has 0 bridgehead atoms. The van der Waals surface area contributed by atoms with Crippen molar-refractivity contribution < 1.29 is 10.2 Å². The lowest BCUT2D eigenvalue weighted by Gasteiger charge is -2.39. The molecule has 0 amide bonds. The quantitative estimate of drug-likeness (QED) is 0.806. The number of hydrogen-bond acceptors (Lipinski definition) is 2. The van der Waals surface area contributed by atoms with E-state index in [2.05, 4.69) is 31.9 Å². The first-order chi connectivity index (χ1) is 9.25. The molecule has 20 heavy (non-hydrogen) atoms. The zero-order valence-electron chi connectivity index (χ0n) is 11.3. The van der Waals surface area contributed by atoms with Crippen LogP contribution in [0.15, 0.2) is 57.5 Å². The van der Waals surface area contributed by atoms with Crippen molar-refractivity contribution in [2.24, 2.45) is 0 Å². The van der Waals surface area contributed by atoms with Crippen molar-refractivity contribution in [2.45, 2.75) is 25.0 Å². The van der Waals surface area contributed by atoms with Crippen molar-refractivity contribution >= 4 is 31.9 Å². The third-order valence-electron chi connectivity index (χ3n) is 3.76. The van der Waals surface area contributed by atoms with Crippen LogP contribution in [0.2, 0.25) is 0 Å². The summed E-state index contributed by atoms with van der Waals surface area (Å²) in [4.78, 5) is 0. The van der Waals surface area contributed by atoms with Gasteiger partial charge in [-0.25, -0.2) is 0 Å². The van der Waals surface area contributed by atoms with Gasteiger partial charge in [-0.2, -0.15) is 0 Å². The monoisotopic (exact) mass is 398 g/mol. The molecule has 0 heterocycles. The molecule has 0 aliphatic rings. The Balaban J connectivity index is 2.45. The summed E-state index contributed by atoms with van der Waals surface area (Å²) >= 11 is 6.73. The van der Waals surface area contributed by atoms with Gasteiger partial charge in [-0.05, 0) is 49.2 Å². The van der Waals surface area contributed by atoms with Crippen molar-refractivity contribution in [2.75, 3.05) is 0 Å². The molecular weight excluding hydrogens is 384 g/mol. The Morgan fingerprint density at radius 3 is 1.15 bits per heavy atom. The fourth-order valence-corrected chi connectivity index (χ4v) is 2.64. The summed E-state index contributed by atoms with van der Waals surface area (Å²) in [6.45, 7) is 3.25. The molecule has 0 aliphatic carbocycles. The fourth-order valence-electron chi connectivity index (χ4n) is 2.11. The van der Waals surface area contributed by atoms with Crippen LogP contribution in [0.25, 0.3) is 0 Å². The summed E-state index contributed by atoms with van der Waals surface area (Å²) in [6, 6.07) is 14.6. The largest absolute Gasteiger partial charge is 0.382 e. The summed E-state index contributed by atoms with van der Waals surface area (Å²) in [5, 5.41) is 21.7. The van der Waals surface area contributed by atoms with Gasteiger partial charge in [0.1, 0.15) is 11.2 Å². The van der Waals surface area contributed by atoms with E-state index in [1.165, 1.54) is 0 Å². The minimum absolute atomic E-state index is 0.661. The highest BCUT2D eigenvalue weighted by atomic mass is 79.9. The lowest BCUT2D eigenvalue weighted by Crippen LogP contribution is -2.45. The number of hydrogen-bond donors (Lipinski definition) is 2. The third-order valence-corrected chi connectivity index (χ3v) is 4.82. The Morgan fingerprint density at radius 1 is 0.650 bits per heavy atom. The molecule has 2 unspecified atom stereocenters. The highest BCUT2D eigenvalue weighted by molar-refractivity contribution is 9.10. The maximum Gasteiger partial charge on any atom is 0.119 e. The Kier molecular flexibility index (Phi) is 4.40. The molecule has 2 N–H and O–H groups in total. The molecule has 0 radical (unpaired) electrons. The van der Waals surface area contributed by atoms with Gasteiger partial charge in [-0.1, -0.05) is 56.1 Å². The van der Waals surface area contributed by atoms with Gasteiger partial charge < -0.3 is 10.2 Å². The minimum atomic E-state index is -1.40. The van der Waals surface area contributed by atoms with E-state index < -0.39 is 11.2 Å². The number of rotatable bonds is 3. The van der Waals surface area contributed by atoms with E-state index in [0.29, 0.717) is 11.1 Å². The van der Waals surface area contributed by atoms with Crippen LogP contribution in [0.5, 0.6) is 0 Å². The van der Waals surface area contributed by atoms with Crippen LogP contribution in [-0.2, 0) is 11.2 Å². The van der Waals surface area contributed by atoms with E-state index in [0.717, 1.165) is 8.95 Å². The second-order valence-electron chi connectivity index (χ2n) is 5.16. The molecule has 0 fully saturated rings. The number of halogens is 2. The molecule has 2 atom stereocenters. The molecule has 0 spiro atoms. The van der Waals surface area contributed by atoms with Gasteiger partial charge in [0, 0.05) is 8.95 Å². The van der Waals surface area contributed by atoms with Gasteiger partial charge in [-0.15, -0.1) is 0 Å². The summed E-state index contributed by atoms with van der Waals surface area (Å²) in [7, 11) is 0. The summed E-state index contributed by atoms with van der Waals surface area (Å²) in [6.07, 6.45) is 0. The van der Waals surface area contributed by atoms with Gasteiger partial charge in [0.05, 0.1) is 0 Å². The molecule has 0 saturated heterocycles. The average Bonchev–Trinajstić information content (AvgIpc) is 2.39. The fraction of sp³-hybridized carbons (Fsp3) is 0.250. The van der Waals surface area contributed by atoms with E-state index in [1.807, 2.05) is 24.3 Å². The van der Waals surface area contributed by atoms with Crippen LogP contribution < -0.4 is 0 Å². The van der Waals surface area contributed by atoms with Crippen LogP contribution in [0, 0.1) is 0 Å². The SMILES string of the molecule is CC(O)(c1ccc(Br)cc1)C(C)(O)c1ccc(Br)cc1. The van der Waals surface area contributed by atoms with Crippen molar-refractivity contribution in [3.05, 3.63) is 68.6 Å². The van der Waals surface area contributed by atoms with E-state index in [4.69, 9.17) is 0 Å². The van der Waals surface area contributed by atoms with E-state index in [-0.39, 0.29) is 0 Å². The standard InChI is InChI=1S/C16H16Br2O2/c1-15(19,11-3-7-13(17)8-4-11)16(2,20)12-5-9-14(18)10-6-12/h3-10,19-20H,1-2H3. The Morgan fingerprint density at radius 2 is 0.900 bits per heavy atom. The minimum Gasteiger partial charge on any atom is -0.382 e. The molecule has 0 saturated carbocycles. The third kappa shape index (κ3) is 2.84. The molecule has 2 nitrogen and oxygen atoms in total. The molecule has 0 aromatic heterocycles. The highest BCUT2D eigenvalue weighted by Crippen LogP contribution is 2.40. The van der Waals surface area contributed by atoms with Crippen LogP contribution >= 0.6 is 31.9 Å². The zero-order chi connectivity index (χ0) is 15.0. The van der Waals surface area contributed by atoms with Gasteiger partial charge in [0.25, 0.3) is 0 Å². The summed E-state index contributed by atoms with van der Waals surface area (Å²) in [5.74, 6) is 0. The lowest BCUT2D eigenvalue weighted by atomic mass is 9.76. The van der Waals surface area contributed by atoms with Crippen molar-refractivity contribution in [3.63, 3.8) is 0 Å². The molecule has 106 valence electrons. The average molecular weight is 400 g/mol. The second-order valence-corrected chi connectivity index (χ2v) is 6.99. The van der Waals surface area contributed by atoms with Crippen molar-refractivity contribution in [1.82, 2.24) is 0 Å². The Hall–Kier alpha value is -0.680. The smallest absolute Gasteiger partial charge is 0.119 e. The van der Waals surface area contributed by atoms with Gasteiger partial charge in [-0.3, -0.25) is 0 Å². The van der Waals surface area contributed by atoms with Crippen molar-refractivity contribution in [3.8, 4) is 0 Å². The molecule has 2 aromatic rings. The predicted molar refractivity (Wildman–Crippen MR) is 87.4 cm³/mol. The first kappa shape index (κ1) is 15.7. The van der Waals surface area contributed by atoms with Crippen LogP contribution in [0.4, 0.5) is 0 Å². The number of benzene rings is 2. The molecule has 4 heteroatoms. The normalized spacial score (nSPS) is 17.3. The molecule has 2 aromatic carbocycles. The van der Waals surface area contributed by atoms with E-state index in [9.17, 15) is 10.2 Å². The zero-order valence-corrected chi connectivity index (χ0v) is 14.4. The van der Waals surface area contributed by atoms with Crippen LogP contribution in [0.1, 0.15) is 25.0 Å². The number of aliphatic hydroxyl groups is 2. The topological polar surface area (TPSA) is 40.5 Å². The van der Waals surface area contributed by atoms with Crippen molar-refractivity contribution in [1.29, 1.82) is 0 Å². The lowest BCUT2D eigenvalue weighted by molar-refractivity contribution is -0.143. The van der Waals surface area contributed by atoms with E-state index in [1.54, 1.807) is 38.1 Å². The van der Waals surface area contributed by atoms with E-state index >= 15 is 0 Å². The Bertz CT molecular complexity index is 531. The first-order valence-corrected chi connectivity index (χ1v) is 7.80.